The molecule has 1 unspecified atom stereocenters. The zero-order valence-corrected chi connectivity index (χ0v) is 10.7. The van der Waals surface area contributed by atoms with Crippen molar-refractivity contribution in [3.05, 3.63) is 29.8 Å². The molecule has 0 heterocycles. The summed E-state index contributed by atoms with van der Waals surface area (Å²) in [4.78, 5) is 13.9. The third kappa shape index (κ3) is 3.01. The van der Waals surface area contributed by atoms with Crippen molar-refractivity contribution in [2.24, 2.45) is 11.7 Å². The van der Waals surface area contributed by atoms with E-state index in [1.807, 2.05) is 13.1 Å². The van der Waals surface area contributed by atoms with Crippen LogP contribution in [0.25, 0.3) is 0 Å². The maximum absolute atomic E-state index is 12.1. The Kier molecular flexibility index (Phi) is 3.87. The van der Waals surface area contributed by atoms with Crippen LogP contribution in [0.3, 0.4) is 0 Å². The molecule has 98 valence electrons. The lowest BCUT2D eigenvalue weighted by Crippen LogP contribution is -2.43. The first-order chi connectivity index (χ1) is 8.61. The van der Waals surface area contributed by atoms with Crippen LogP contribution in [0.2, 0.25) is 0 Å². The highest BCUT2D eigenvalue weighted by Crippen LogP contribution is 2.34. The smallest absolute Gasteiger partial charge is 0.227 e. The van der Waals surface area contributed by atoms with Crippen molar-refractivity contribution in [1.82, 2.24) is 4.90 Å². The molecule has 1 aromatic carbocycles. The van der Waals surface area contributed by atoms with Gasteiger partial charge in [0.1, 0.15) is 5.75 Å². The molecule has 1 aromatic rings. The number of nitrogens with zero attached hydrogens (tertiary/aromatic N) is 1. The molecule has 18 heavy (non-hydrogen) atoms. The molecule has 4 nitrogen and oxygen atoms in total. The first-order valence-corrected chi connectivity index (χ1v) is 6.35. The van der Waals surface area contributed by atoms with E-state index in [0.29, 0.717) is 18.9 Å². The van der Waals surface area contributed by atoms with Crippen molar-refractivity contribution in [3.63, 3.8) is 0 Å². The summed E-state index contributed by atoms with van der Waals surface area (Å²) in [7, 11) is 1.82. The van der Waals surface area contributed by atoms with E-state index >= 15 is 0 Å². The highest BCUT2D eigenvalue weighted by molar-refractivity contribution is 5.79. The minimum atomic E-state index is 0.0583. The molecule has 1 saturated carbocycles. The predicted molar refractivity (Wildman–Crippen MR) is 70.1 cm³/mol. The lowest BCUT2D eigenvalue weighted by molar-refractivity contribution is -0.131. The molecule has 0 saturated heterocycles. The normalized spacial score (nSPS) is 16.3. The molecule has 1 aliphatic rings. The summed E-state index contributed by atoms with van der Waals surface area (Å²) in [6.45, 7) is 0.521. The number of carbonyl (C=O) groups is 1. The molecule has 0 aliphatic heterocycles. The number of carbonyl (C=O) groups excluding carboxylic acids is 1. The Morgan fingerprint density at radius 2 is 2.28 bits per heavy atom. The van der Waals surface area contributed by atoms with Crippen molar-refractivity contribution >= 4 is 5.91 Å². The van der Waals surface area contributed by atoms with Crippen LogP contribution in [0.1, 0.15) is 18.4 Å². The summed E-state index contributed by atoms with van der Waals surface area (Å²) < 4.78 is 0. The molecule has 0 aromatic heterocycles. The molecule has 0 bridgehead atoms. The van der Waals surface area contributed by atoms with Gasteiger partial charge in [-0.15, -0.1) is 0 Å². The van der Waals surface area contributed by atoms with Gasteiger partial charge in [0.2, 0.25) is 5.91 Å². The Morgan fingerprint density at radius 1 is 1.56 bits per heavy atom. The first-order valence-electron chi connectivity index (χ1n) is 6.35. The summed E-state index contributed by atoms with van der Waals surface area (Å²) in [5, 5.41) is 9.37. The third-order valence-electron chi connectivity index (χ3n) is 3.56. The van der Waals surface area contributed by atoms with Crippen LogP contribution in [0.4, 0.5) is 0 Å². The van der Waals surface area contributed by atoms with Gasteiger partial charge >= 0.3 is 0 Å². The second kappa shape index (κ2) is 5.40. The van der Waals surface area contributed by atoms with E-state index in [2.05, 4.69) is 0 Å². The highest BCUT2D eigenvalue weighted by Gasteiger charge is 2.34. The quantitative estimate of drug-likeness (QED) is 0.821. The van der Waals surface area contributed by atoms with Gasteiger partial charge in [-0.3, -0.25) is 4.79 Å². The van der Waals surface area contributed by atoms with Gasteiger partial charge in [-0.25, -0.2) is 0 Å². The summed E-state index contributed by atoms with van der Waals surface area (Å²) in [5.41, 5.74) is 6.57. The fourth-order valence-electron chi connectivity index (χ4n) is 2.30. The van der Waals surface area contributed by atoms with Crippen molar-refractivity contribution in [3.8, 4) is 5.75 Å². The fourth-order valence-corrected chi connectivity index (χ4v) is 2.30. The van der Waals surface area contributed by atoms with Crippen LogP contribution in [-0.4, -0.2) is 35.5 Å². The Morgan fingerprint density at radius 3 is 2.83 bits per heavy atom. The van der Waals surface area contributed by atoms with Crippen molar-refractivity contribution in [2.75, 3.05) is 13.6 Å². The van der Waals surface area contributed by atoms with E-state index in [-0.39, 0.29) is 17.7 Å². The van der Waals surface area contributed by atoms with Crippen molar-refractivity contribution < 1.29 is 9.90 Å². The van der Waals surface area contributed by atoms with E-state index in [0.717, 1.165) is 5.56 Å². The summed E-state index contributed by atoms with van der Waals surface area (Å²) >= 11 is 0. The van der Waals surface area contributed by atoms with Crippen LogP contribution in [0.5, 0.6) is 5.75 Å². The predicted octanol–water partition coefficient (Wildman–Crippen LogP) is 1.13. The summed E-state index contributed by atoms with van der Waals surface area (Å²) in [6, 6.07) is 6.99. The molecule has 2 rings (SSSR count). The molecule has 0 spiro atoms. The Hall–Kier alpha value is -1.55. The minimum Gasteiger partial charge on any atom is -0.508 e. The van der Waals surface area contributed by atoms with E-state index in [4.69, 9.17) is 5.73 Å². The van der Waals surface area contributed by atoms with Crippen LogP contribution in [-0.2, 0) is 11.2 Å². The first kappa shape index (κ1) is 12.9. The number of likely N-dealkylation sites (N-methyl/N-ethyl adjacent to an activating group) is 1. The second-order valence-corrected chi connectivity index (χ2v) is 4.99. The fraction of sp³-hybridized carbons (Fsp3) is 0.500. The van der Waals surface area contributed by atoms with Crippen molar-refractivity contribution in [2.45, 2.75) is 25.3 Å². The molecule has 1 atom stereocenters. The van der Waals surface area contributed by atoms with Gasteiger partial charge in [0.15, 0.2) is 0 Å². The van der Waals surface area contributed by atoms with Gasteiger partial charge in [-0.2, -0.15) is 0 Å². The summed E-state index contributed by atoms with van der Waals surface area (Å²) in [6.07, 6.45) is 2.66. The number of phenolic OH excluding ortho intramolecular Hbond substituents is 1. The van der Waals surface area contributed by atoms with Gasteiger partial charge in [0.05, 0.1) is 6.42 Å². The monoisotopic (exact) mass is 248 g/mol. The molecule has 1 fully saturated rings. The molecule has 0 radical (unpaired) electrons. The third-order valence-corrected chi connectivity index (χ3v) is 3.56. The van der Waals surface area contributed by atoms with Gasteiger partial charge in [-0.05, 0) is 36.5 Å². The minimum absolute atomic E-state index is 0.0583. The molecular weight excluding hydrogens is 228 g/mol. The topological polar surface area (TPSA) is 66.6 Å². The molecule has 3 N–H and O–H groups in total. The Labute approximate surface area is 107 Å². The van der Waals surface area contributed by atoms with Gasteiger partial charge in [-0.1, -0.05) is 12.1 Å². The zero-order chi connectivity index (χ0) is 13.1. The van der Waals surface area contributed by atoms with E-state index in [9.17, 15) is 9.90 Å². The van der Waals surface area contributed by atoms with Crippen LogP contribution in [0.15, 0.2) is 24.3 Å². The maximum atomic E-state index is 12.1. The van der Waals surface area contributed by atoms with E-state index < -0.39 is 0 Å². The standard InChI is InChI=1S/C14H20N2O2/c1-16(13(9-15)11-5-6-11)14(18)8-10-3-2-4-12(17)7-10/h2-4,7,11,13,17H,5-6,8-9,15H2,1H3. The number of aromatic hydroxyl groups is 1. The van der Waals surface area contributed by atoms with Crippen LogP contribution >= 0.6 is 0 Å². The van der Waals surface area contributed by atoms with Crippen LogP contribution < -0.4 is 5.73 Å². The number of hydrogen-bond donors (Lipinski definition) is 2. The Bertz CT molecular complexity index is 430. The average Bonchev–Trinajstić information content (AvgIpc) is 3.14. The largest absolute Gasteiger partial charge is 0.508 e. The van der Waals surface area contributed by atoms with Gasteiger partial charge in [0.25, 0.3) is 0 Å². The number of hydrogen-bond acceptors (Lipinski definition) is 3. The molecular formula is C14H20N2O2. The number of rotatable bonds is 5. The molecule has 4 heteroatoms. The van der Waals surface area contributed by atoms with E-state index in [1.165, 1.54) is 12.8 Å². The Balaban J connectivity index is 1.98. The zero-order valence-electron chi connectivity index (χ0n) is 10.7. The second-order valence-electron chi connectivity index (χ2n) is 4.99. The molecule has 1 aliphatic carbocycles. The van der Waals surface area contributed by atoms with Gasteiger partial charge in [0, 0.05) is 19.6 Å². The van der Waals surface area contributed by atoms with E-state index in [1.54, 1.807) is 23.1 Å². The van der Waals surface area contributed by atoms with Crippen LogP contribution in [0, 0.1) is 5.92 Å². The summed E-state index contributed by atoms with van der Waals surface area (Å²) in [5.74, 6) is 0.830. The SMILES string of the molecule is CN(C(=O)Cc1cccc(O)c1)C(CN)C1CC1. The number of amides is 1. The molecule has 1 amide bonds. The number of phenols is 1. The average molecular weight is 248 g/mol. The number of nitrogens with two attached hydrogens (primary N) is 1. The van der Waals surface area contributed by atoms with Gasteiger partial charge < -0.3 is 15.7 Å². The maximum Gasteiger partial charge on any atom is 0.227 e. The highest BCUT2D eigenvalue weighted by atomic mass is 16.3. The number of benzene rings is 1. The lowest BCUT2D eigenvalue weighted by atomic mass is 10.1. The van der Waals surface area contributed by atoms with Crippen molar-refractivity contribution in [1.29, 1.82) is 0 Å². The lowest BCUT2D eigenvalue weighted by Gasteiger charge is -2.27.